The molecule has 0 aliphatic heterocycles. The van der Waals surface area contributed by atoms with Crippen LogP contribution in [-0.2, 0) is 14.8 Å². The molecule has 1 heterocycles. The van der Waals surface area contributed by atoms with Crippen LogP contribution in [0.5, 0.6) is 0 Å². The van der Waals surface area contributed by atoms with Crippen molar-refractivity contribution in [3.63, 3.8) is 0 Å². The lowest BCUT2D eigenvalue weighted by molar-refractivity contribution is -0.384. The van der Waals surface area contributed by atoms with Crippen molar-refractivity contribution in [2.45, 2.75) is 19.9 Å². The van der Waals surface area contributed by atoms with Crippen LogP contribution < -0.4 is 9.62 Å². The number of hydrogen-bond donors (Lipinski definition) is 1. The normalized spacial score (nSPS) is 12.2. The molecule has 2 aromatic carbocycles. The average molecular weight is 462 g/mol. The Labute approximate surface area is 182 Å². The van der Waals surface area contributed by atoms with Gasteiger partial charge in [-0.2, -0.15) is 0 Å². The van der Waals surface area contributed by atoms with E-state index in [0.29, 0.717) is 5.01 Å². The highest BCUT2D eigenvalue weighted by molar-refractivity contribution is 7.92. The van der Waals surface area contributed by atoms with Crippen molar-refractivity contribution in [2.75, 3.05) is 15.9 Å². The number of anilines is 2. The van der Waals surface area contributed by atoms with E-state index in [1.54, 1.807) is 0 Å². The van der Waals surface area contributed by atoms with Crippen LogP contribution in [0.3, 0.4) is 0 Å². The standard InChI is InChI=1S/C19H19N5O5S2/c1-12-7-9-14(10-8-12)18-21-22-19(30-18)20-17(25)13(2)23(31(3,28)29)15-5-4-6-16(11-15)24(26)27/h4-11,13H,1-3H3,(H,20,22,25). The Bertz CT molecular complexity index is 1220. The number of nitro groups is 1. The van der Waals surface area contributed by atoms with Crippen LogP contribution in [0, 0.1) is 17.0 Å². The molecule has 0 saturated heterocycles. The molecule has 0 radical (unpaired) electrons. The van der Waals surface area contributed by atoms with Gasteiger partial charge in [0.1, 0.15) is 11.0 Å². The third kappa shape index (κ3) is 5.22. The Morgan fingerprint density at radius 2 is 1.87 bits per heavy atom. The van der Waals surface area contributed by atoms with Gasteiger partial charge in [-0.1, -0.05) is 47.2 Å². The Hall–Kier alpha value is -3.38. The van der Waals surface area contributed by atoms with Crippen molar-refractivity contribution in [1.82, 2.24) is 10.2 Å². The highest BCUT2D eigenvalue weighted by Gasteiger charge is 2.30. The molecule has 0 fully saturated rings. The van der Waals surface area contributed by atoms with Crippen LogP contribution in [0.15, 0.2) is 48.5 Å². The molecule has 31 heavy (non-hydrogen) atoms. The molecule has 0 bridgehead atoms. The van der Waals surface area contributed by atoms with Crippen molar-refractivity contribution in [3.05, 3.63) is 64.2 Å². The highest BCUT2D eigenvalue weighted by Crippen LogP contribution is 2.28. The average Bonchev–Trinajstić information content (AvgIpc) is 3.16. The number of nitro benzene ring substituents is 1. The molecule has 3 rings (SSSR count). The minimum absolute atomic E-state index is 0.0111. The number of carbonyl (C=O) groups is 1. The van der Waals surface area contributed by atoms with E-state index in [0.717, 1.165) is 39.1 Å². The van der Waals surface area contributed by atoms with Gasteiger partial charge in [-0.25, -0.2) is 8.42 Å². The molecule has 1 amide bonds. The largest absolute Gasteiger partial charge is 0.299 e. The second-order valence-corrected chi connectivity index (χ2v) is 9.62. The first-order valence-electron chi connectivity index (χ1n) is 9.01. The third-order valence-corrected chi connectivity index (χ3v) is 6.47. The predicted molar refractivity (Wildman–Crippen MR) is 119 cm³/mol. The number of nitrogens with zero attached hydrogens (tertiary/aromatic N) is 4. The smallest absolute Gasteiger partial charge is 0.271 e. The predicted octanol–water partition coefficient (Wildman–Crippen LogP) is 3.21. The molecular weight excluding hydrogens is 442 g/mol. The lowest BCUT2D eigenvalue weighted by atomic mass is 10.2. The van der Waals surface area contributed by atoms with Gasteiger partial charge >= 0.3 is 0 Å². The van der Waals surface area contributed by atoms with Crippen LogP contribution in [-0.4, -0.2) is 41.7 Å². The van der Waals surface area contributed by atoms with Gasteiger partial charge in [0.15, 0.2) is 0 Å². The molecule has 1 N–H and O–H groups in total. The first-order chi connectivity index (χ1) is 14.6. The second-order valence-electron chi connectivity index (χ2n) is 6.78. The minimum atomic E-state index is -3.92. The molecule has 10 nitrogen and oxygen atoms in total. The summed E-state index contributed by atoms with van der Waals surface area (Å²) in [6.45, 7) is 3.35. The summed E-state index contributed by atoms with van der Waals surface area (Å²) in [5.41, 5.74) is 1.66. The fourth-order valence-electron chi connectivity index (χ4n) is 2.85. The zero-order valence-corrected chi connectivity index (χ0v) is 18.5. The Morgan fingerprint density at radius 3 is 2.48 bits per heavy atom. The molecule has 0 aliphatic rings. The Balaban J connectivity index is 1.83. The van der Waals surface area contributed by atoms with Gasteiger partial charge in [0.25, 0.3) is 5.69 Å². The minimum Gasteiger partial charge on any atom is -0.299 e. The molecule has 0 saturated carbocycles. The van der Waals surface area contributed by atoms with Crippen molar-refractivity contribution >= 4 is 43.8 Å². The lowest BCUT2D eigenvalue weighted by Crippen LogP contribution is -2.45. The molecule has 0 spiro atoms. The molecule has 1 atom stereocenters. The fraction of sp³-hybridized carbons (Fsp3) is 0.211. The van der Waals surface area contributed by atoms with E-state index in [9.17, 15) is 23.3 Å². The van der Waals surface area contributed by atoms with Crippen molar-refractivity contribution in [2.24, 2.45) is 0 Å². The van der Waals surface area contributed by atoms with Crippen LogP contribution >= 0.6 is 11.3 Å². The first kappa shape index (κ1) is 22.3. The molecular formula is C19H19N5O5S2. The maximum absolute atomic E-state index is 12.8. The number of aromatic nitrogens is 2. The summed E-state index contributed by atoms with van der Waals surface area (Å²) >= 11 is 1.15. The zero-order chi connectivity index (χ0) is 22.8. The van der Waals surface area contributed by atoms with E-state index in [-0.39, 0.29) is 16.5 Å². The molecule has 1 unspecified atom stereocenters. The van der Waals surface area contributed by atoms with Gasteiger partial charge in [-0.05, 0) is 19.9 Å². The fourth-order valence-corrected chi connectivity index (χ4v) is 4.77. The summed E-state index contributed by atoms with van der Waals surface area (Å²) in [6, 6.07) is 11.5. The summed E-state index contributed by atoms with van der Waals surface area (Å²) in [6.07, 6.45) is 0.927. The quantitative estimate of drug-likeness (QED) is 0.421. The summed E-state index contributed by atoms with van der Waals surface area (Å²) in [5, 5.41) is 22.4. The summed E-state index contributed by atoms with van der Waals surface area (Å²) in [7, 11) is -3.92. The Morgan fingerprint density at radius 1 is 1.19 bits per heavy atom. The van der Waals surface area contributed by atoms with Crippen LogP contribution in [0.4, 0.5) is 16.5 Å². The number of carbonyl (C=O) groups excluding carboxylic acids is 1. The molecule has 3 aromatic rings. The number of sulfonamides is 1. The van der Waals surface area contributed by atoms with Gasteiger partial charge < -0.3 is 0 Å². The molecule has 162 valence electrons. The monoisotopic (exact) mass is 461 g/mol. The molecule has 12 heteroatoms. The second kappa shape index (κ2) is 8.78. The zero-order valence-electron chi connectivity index (χ0n) is 16.8. The maximum atomic E-state index is 12.8. The van der Waals surface area contributed by atoms with Crippen LogP contribution in [0.1, 0.15) is 12.5 Å². The van der Waals surface area contributed by atoms with E-state index >= 15 is 0 Å². The van der Waals surface area contributed by atoms with Gasteiger partial charge in [0, 0.05) is 17.7 Å². The van der Waals surface area contributed by atoms with E-state index in [1.165, 1.54) is 25.1 Å². The number of non-ortho nitro benzene ring substituents is 1. The topological polar surface area (TPSA) is 135 Å². The maximum Gasteiger partial charge on any atom is 0.271 e. The van der Waals surface area contributed by atoms with Gasteiger partial charge in [0.2, 0.25) is 21.1 Å². The molecule has 1 aromatic heterocycles. The van der Waals surface area contributed by atoms with E-state index in [2.05, 4.69) is 15.5 Å². The number of nitrogens with one attached hydrogen (secondary N) is 1. The Kier molecular flexibility index (Phi) is 6.32. The summed E-state index contributed by atoms with van der Waals surface area (Å²) in [4.78, 5) is 23.2. The van der Waals surface area contributed by atoms with Crippen LogP contribution in [0.2, 0.25) is 0 Å². The van der Waals surface area contributed by atoms with E-state index < -0.39 is 26.9 Å². The van der Waals surface area contributed by atoms with E-state index in [4.69, 9.17) is 0 Å². The summed E-state index contributed by atoms with van der Waals surface area (Å²) in [5.74, 6) is -0.650. The number of aryl methyl sites for hydroxylation is 1. The van der Waals surface area contributed by atoms with Gasteiger partial charge in [-0.15, -0.1) is 10.2 Å². The van der Waals surface area contributed by atoms with E-state index in [1.807, 2.05) is 31.2 Å². The van der Waals surface area contributed by atoms with Gasteiger partial charge in [-0.3, -0.25) is 24.5 Å². The number of rotatable bonds is 7. The van der Waals surface area contributed by atoms with Crippen molar-refractivity contribution in [3.8, 4) is 10.6 Å². The molecule has 0 aliphatic carbocycles. The first-order valence-corrected chi connectivity index (χ1v) is 11.7. The highest BCUT2D eigenvalue weighted by atomic mass is 32.2. The summed E-state index contributed by atoms with van der Waals surface area (Å²) < 4.78 is 25.6. The SMILES string of the molecule is Cc1ccc(-c2nnc(NC(=O)C(C)N(c3cccc([N+](=O)[O-])c3)S(C)(=O)=O)s2)cc1. The van der Waals surface area contributed by atoms with Crippen molar-refractivity contribution in [1.29, 1.82) is 0 Å². The van der Waals surface area contributed by atoms with Gasteiger partial charge in [0.05, 0.1) is 16.9 Å². The van der Waals surface area contributed by atoms with Crippen LogP contribution in [0.25, 0.3) is 10.6 Å². The number of benzene rings is 2. The third-order valence-electron chi connectivity index (χ3n) is 4.34. The number of amides is 1. The van der Waals surface area contributed by atoms with Crippen molar-refractivity contribution < 1.29 is 18.1 Å². The number of hydrogen-bond acceptors (Lipinski definition) is 8. The lowest BCUT2D eigenvalue weighted by Gasteiger charge is -2.27.